The third-order valence-corrected chi connectivity index (χ3v) is 3.62. The second-order valence-electron chi connectivity index (χ2n) is 5.65. The van der Waals surface area contributed by atoms with Gasteiger partial charge < -0.3 is 10.6 Å². The molecule has 0 saturated carbocycles. The van der Waals surface area contributed by atoms with Crippen LogP contribution in [0.3, 0.4) is 0 Å². The van der Waals surface area contributed by atoms with Crippen LogP contribution in [0.25, 0.3) is 0 Å². The first-order valence-electron chi connectivity index (χ1n) is 8.07. The smallest absolute Gasteiger partial charge is 0.238 e. The number of hydrogen-bond acceptors (Lipinski definition) is 4. The van der Waals surface area contributed by atoms with Gasteiger partial charge in [0.15, 0.2) is 5.11 Å². The van der Waals surface area contributed by atoms with Crippen LogP contribution in [-0.2, 0) is 14.4 Å². The Morgan fingerprint density at radius 2 is 1.60 bits per heavy atom. The van der Waals surface area contributed by atoms with Gasteiger partial charge in [0.05, 0.1) is 0 Å². The first-order valence-corrected chi connectivity index (χ1v) is 8.48. The summed E-state index contributed by atoms with van der Waals surface area (Å²) in [4.78, 5) is 34.9. The molecule has 8 heteroatoms. The lowest BCUT2D eigenvalue weighted by molar-refractivity contribution is -0.124. The molecule has 0 radical (unpaired) electrons. The monoisotopic (exact) mass is 364 g/mol. The average molecular weight is 364 g/mol. The number of carbonyl (C=O) groups is 3. The van der Waals surface area contributed by atoms with Gasteiger partial charge in [-0.3, -0.25) is 25.2 Å². The third kappa shape index (κ3) is 8.25. The molecular weight excluding hydrogens is 340 g/mol. The molecule has 4 N–H and O–H groups in total. The minimum absolute atomic E-state index is 0.00477. The highest BCUT2D eigenvalue weighted by Gasteiger charge is 2.09. The number of rotatable bonds is 6. The highest BCUT2D eigenvalue weighted by Crippen LogP contribution is 2.14. The maximum atomic E-state index is 11.9. The molecule has 1 rings (SSSR count). The van der Waals surface area contributed by atoms with Gasteiger partial charge in [-0.05, 0) is 55.7 Å². The Labute approximate surface area is 152 Å². The number of hydrazine groups is 1. The van der Waals surface area contributed by atoms with E-state index in [1.54, 1.807) is 0 Å². The van der Waals surface area contributed by atoms with E-state index in [-0.39, 0.29) is 29.8 Å². The van der Waals surface area contributed by atoms with E-state index >= 15 is 0 Å². The maximum absolute atomic E-state index is 11.9. The van der Waals surface area contributed by atoms with Crippen molar-refractivity contribution >= 4 is 40.7 Å². The zero-order valence-corrected chi connectivity index (χ0v) is 15.5. The molecule has 0 atom stereocenters. The Morgan fingerprint density at radius 1 is 0.920 bits per heavy atom. The fourth-order valence-electron chi connectivity index (χ4n) is 1.91. The van der Waals surface area contributed by atoms with E-state index in [1.165, 1.54) is 0 Å². The van der Waals surface area contributed by atoms with Crippen molar-refractivity contribution in [2.45, 2.75) is 46.5 Å². The highest BCUT2D eigenvalue weighted by atomic mass is 32.1. The van der Waals surface area contributed by atoms with Crippen molar-refractivity contribution in [1.29, 1.82) is 0 Å². The summed E-state index contributed by atoms with van der Waals surface area (Å²) in [5, 5.41) is 5.20. The van der Waals surface area contributed by atoms with Gasteiger partial charge in [-0.15, -0.1) is 0 Å². The normalized spacial score (nSPS) is 9.88. The van der Waals surface area contributed by atoms with Crippen LogP contribution >= 0.6 is 12.2 Å². The summed E-state index contributed by atoms with van der Waals surface area (Å²) in [6.07, 6.45) is 1.09. The maximum Gasteiger partial charge on any atom is 0.238 e. The van der Waals surface area contributed by atoms with E-state index in [4.69, 9.17) is 12.2 Å². The molecule has 0 fully saturated rings. The lowest BCUT2D eigenvalue weighted by atomic mass is 10.1. The molecule has 0 aliphatic carbocycles. The van der Waals surface area contributed by atoms with Gasteiger partial charge in [0.1, 0.15) is 0 Å². The quantitative estimate of drug-likeness (QED) is 0.456. The standard InChI is InChI=1S/C17H24N4O3S/c1-4-5-14(22)19-17(25)21-20-16(24)9-8-15(23)18-13-7-6-11(2)12(3)10-13/h6-7,10H,4-5,8-9H2,1-3H3,(H,18,23)(H,20,24)(H2,19,21,22,25). The minimum Gasteiger partial charge on any atom is -0.326 e. The van der Waals surface area contributed by atoms with E-state index < -0.39 is 5.91 Å². The molecule has 25 heavy (non-hydrogen) atoms. The first-order chi connectivity index (χ1) is 11.8. The molecule has 0 heterocycles. The van der Waals surface area contributed by atoms with Crippen LogP contribution in [0.1, 0.15) is 43.7 Å². The predicted octanol–water partition coefficient (Wildman–Crippen LogP) is 1.84. The third-order valence-electron chi connectivity index (χ3n) is 3.42. The molecule has 0 unspecified atom stereocenters. The van der Waals surface area contributed by atoms with Gasteiger partial charge in [-0.1, -0.05) is 13.0 Å². The van der Waals surface area contributed by atoms with E-state index in [9.17, 15) is 14.4 Å². The molecule has 0 aromatic heterocycles. The fourth-order valence-corrected chi connectivity index (χ4v) is 2.07. The molecule has 1 aromatic rings. The number of hydrogen-bond donors (Lipinski definition) is 4. The Hall–Kier alpha value is -2.48. The number of carbonyl (C=O) groups excluding carboxylic acids is 3. The number of aryl methyl sites for hydroxylation is 2. The van der Waals surface area contributed by atoms with Crippen LogP contribution in [0.2, 0.25) is 0 Å². The second-order valence-corrected chi connectivity index (χ2v) is 6.06. The number of nitrogens with one attached hydrogen (secondary N) is 4. The first kappa shape index (κ1) is 20.6. The number of benzene rings is 1. The van der Waals surface area contributed by atoms with Crippen LogP contribution in [0.5, 0.6) is 0 Å². The van der Waals surface area contributed by atoms with Crippen LogP contribution < -0.4 is 21.5 Å². The zero-order valence-electron chi connectivity index (χ0n) is 14.7. The molecule has 1 aromatic carbocycles. The van der Waals surface area contributed by atoms with Crippen LogP contribution in [0, 0.1) is 13.8 Å². The summed E-state index contributed by atoms with van der Waals surface area (Å²) >= 11 is 4.87. The van der Waals surface area contributed by atoms with Crippen molar-refractivity contribution < 1.29 is 14.4 Å². The Bertz CT molecular complexity index is 661. The van der Waals surface area contributed by atoms with Crippen molar-refractivity contribution in [1.82, 2.24) is 16.2 Å². The zero-order chi connectivity index (χ0) is 18.8. The molecule has 0 spiro atoms. The van der Waals surface area contributed by atoms with E-state index in [1.807, 2.05) is 39.0 Å². The van der Waals surface area contributed by atoms with Gasteiger partial charge in [0, 0.05) is 24.9 Å². The van der Waals surface area contributed by atoms with Gasteiger partial charge in [-0.25, -0.2) is 0 Å². The van der Waals surface area contributed by atoms with E-state index in [0.717, 1.165) is 11.1 Å². The summed E-state index contributed by atoms with van der Waals surface area (Å²) in [6.45, 7) is 5.83. The van der Waals surface area contributed by atoms with Gasteiger partial charge in [0.25, 0.3) is 0 Å². The Morgan fingerprint density at radius 3 is 2.24 bits per heavy atom. The minimum atomic E-state index is -0.401. The SMILES string of the molecule is CCCC(=O)NC(=S)NNC(=O)CCC(=O)Nc1ccc(C)c(C)c1. The van der Waals surface area contributed by atoms with Crippen molar-refractivity contribution in [2.24, 2.45) is 0 Å². The average Bonchev–Trinajstić information content (AvgIpc) is 2.54. The summed E-state index contributed by atoms with van der Waals surface area (Å²) in [5.41, 5.74) is 7.69. The summed E-state index contributed by atoms with van der Waals surface area (Å²) in [7, 11) is 0. The predicted molar refractivity (Wildman–Crippen MR) is 101 cm³/mol. The summed E-state index contributed by atoms with van der Waals surface area (Å²) < 4.78 is 0. The van der Waals surface area contributed by atoms with Gasteiger partial charge in [-0.2, -0.15) is 0 Å². The number of amides is 3. The highest BCUT2D eigenvalue weighted by molar-refractivity contribution is 7.80. The Kier molecular flexibility index (Phi) is 8.55. The number of anilines is 1. The molecule has 0 aliphatic heterocycles. The van der Waals surface area contributed by atoms with Gasteiger partial charge >= 0.3 is 0 Å². The van der Waals surface area contributed by atoms with Gasteiger partial charge in [0.2, 0.25) is 17.7 Å². The summed E-state index contributed by atoms with van der Waals surface area (Å²) in [5.74, 6) is -0.874. The fraction of sp³-hybridized carbons (Fsp3) is 0.412. The molecule has 3 amide bonds. The second kappa shape index (κ2) is 10.4. The lowest BCUT2D eigenvalue weighted by Gasteiger charge is -2.11. The van der Waals surface area contributed by atoms with Crippen molar-refractivity contribution in [3.8, 4) is 0 Å². The van der Waals surface area contributed by atoms with E-state index in [0.29, 0.717) is 18.5 Å². The van der Waals surface area contributed by atoms with Crippen molar-refractivity contribution in [3.63, 3.8) is 0 Å². The largest absolute Gasteiger partial charge is 0.326 e. The van der Waals surface area contributed by atoms with Crippen molar-refractivity contribution in [3.05, 3.63) is 29.3 Å². The van der Waals surface area contributed by atoms with E-state index in [2.05, 4.69) is 21.5 Å². The molecule has 0 bridgehead atoms. The van der Waals surface area contributed by atoms with Crippen LogP contribution in [0.4, 0.5) is 5.69 Å². The Balaban J connectivity index is 2.28. The number of thiocarbonyl (C=S) groups is 1. The van der Waals surface area contributed by atoms with Crippen molar-refractivity contribution in [2.75, 3.05) is 5.32 Å². The molecule has 136 valence electrons. The lowest BCUT2D eigenvalue weighted by Crippen LogP contribution is -2.48. The molecule has 0 aliphatic rings. The molecule has 7 nitrogen and oxygen atoms in total. The topological polar surface area (TPSA) is 99.3 Å². The molecule has 0 saturated heterocycles. The molecular formula is C17H24N4O3S. The van der Waals surface area contributed by atoms with Crippen LogP contribution in [-0.4, -0.2) is 22.8 Å². The summed E-state index contributed by atoms with van der Waals surface area (Å²) in [6, 6.07) is 5.63. The van der Waals surface area contributed by atoms with Crippen LogP contribution in [0.15, 0.2) is 18.2 Å².